The standard InChI is InChI=1S/C35H45N5O7/c1-34(2,3)47-33(44)39-18-12-17-35(30(39)41,31(42)45-4)20-25-19-28-37-27(22-40(28)36-21-25)29(26-15-10-5-6-11-16-26)38-32(43)46-23-24-13-8-7-9-14-24/h7-9,13-14,19,21-22,26,29H,5-6,10-12,15-18,20,23H2,1-4H3,(H,38,43). The second-order valence-corrected chi connectivity index (χ2v) is 13.6. The van der Waals surface area contributed by atoms with Gasteiger partial charge in [0.2, 0.25) is 5.91 Å². The van der Waals surface area contributed by atoms with E-state index in [2.05, 4.69) is 10.4 Å². The summed E-state index contributed by atoms with van der Waals surface area (Å²) in [6, 6.07) is 10.9. The Labute approximate surface area is 275 Å². The van der Waals surface area contributed by atoms with Crippen LogP contribution < -0.4 is 5.32 Å². The van der Waals surface area contributed by atoms with Gasteiger partial charge in [0.1, 0.15) is 12.2 Å². The molecule has 3 amide bonds. The SMILES string of the molecule is COC(=O)C1(Cc2cnn3cc(C(NC(=O)OCc4ccccc4)C4CCCCCC4)nc3c2)CCCN(C(=O)OC(C)(C)C)C1=O. The second-order valence-electron chi connectivity index (χ2n) is 13.6. The number of ether oxygens (including phenoxy) is 3. The lowest BCUT2D eigenvalue weighted by Crippen LogP contribution is -2.56. The molecule has 5 rings (SSSR count). The molecule has 1 aliphatic carbocycles. The molecule has 3 aromatic rings. The van der Waals surface area contributed by atoms with Crippen LogP contribution in [0.1, 0.15) is 95.0 Å². The molecule has 2 atom stereocenters. The molecule has 3 heterocycles. The number of likely N-dealkylation sites (tertiary alicyclic amines) is 1. The molecule has 47 heavy (non-hydrogen) atoms. The lowest BCUT2D eigenvalue weighted by Gasteiger charge is -2.39. The summed E-state index contributed by atoms with van der Waals surface area (Å²) >= 11 is 0. The number of fused-ring (bicyclic) bond motifs is 1. The average molecular weight is 648 g/mol. The number of piperidine rings is 1. The van der Waals surface area contributed by atoms with Crippen molar-refractivity contribution in [1.82, 2.24) is 24.8 Å². The van der Waals surface area contributed by atoms with Gasteiger partial charge in [-0.3, -0.25) is 9.59 Å². The summed E-state index contributed by atoms with van der Waals surface area (Å²) in [6.07, 6.45) is 9.04. The first kappa shape index (κ1) is 33.9. The maximum Gasteiger partial charge on any atom is 0.417 e. The fourth-order valence-corrected chi connectivity index (χ4v) is 6.62. The third-order valence-electron chi connectivity index (χ3n) is 8.91. The molecule has 1 aromatic carbocycles. The van der Waals surface area contributed by atoms with Crippen molar-refractivity contribution < 1.29 is 33.4 Å². The highest BCUT2D eigenvalue weighted by Gasteiger charge is 2.53. The number of aromatic nitrogens is 3. The molecule has 1 saturated heterocycles. The number of rotatable bonds is 8. The summed E-state index contributed by atoms with van der Waals surface area (Å²) in [6.45, 7) is 5.46. The predicted molar refractivity (Wildman–Crippen MR) is 172 cm³/mol. The van der Waals surface area contributed by atoms with Crippen molar-refractivity contribution in [2.75, 3.05) is 13.7 Å². The van der Waals surface area contributed by atoms with Crippen molar-refractivity contribution in [2.45, 2.75) is 96.8 Å². The molecule has 2 aliphatic rings. The van der Waals surface area contributed by atoms with E-state index >= 15 is 0 Å². The van der Waals surface area contributed by atoms with Gasteiger partial charge in [0, 0.05) is 6.54 Å². The molecule has 0 radical (unpaired) electrons. The predicted octanol–water partition coefficient (Wildman–Crippen LogP) is 5.93. The number of nitrogens with one attached hydrogen (secondary N) is 1. The zero-order valence-electron chi connectivity index (χ0n) is 27.7. The van der Waals surface area contributed by atoms with Crippen molar-refractivity contribution >= 4 is 29.7 Å². The normalized spacial score (nSPS) is 19.9. The van der Waals surface area contributed by atoms with E-state index in [1.807, 2.05) is 30.3 Å². The first-order chi connectivity index (χ1) is 22.5. The zero-order chi connectivity index (χ0) is 33.6. The molecule has 0 spiro atoms. The lowest BCUT2D eigenvalue weighted by atomic mass is 9.74. The van der Waals surface area contributed by atoms with Crippen LogP contribution >= 0.6 is 0 Å². The molecule has 1 N–H and O–H groups in total. The first-order valence-corrected chi connectivity index (χ1v) is 16.4. The molecule has 252 valence electrons. The zero-order valence-corrected chi connectivity index (χ0v) is 27.7. The maximum atomic E-state index is 13.8. The molecule has 2 unspecified atom stereocenters. The van der Waals surface area contributed by atoms with Crippen LogP contribution in [0.2, 0.25) is 0 Å². The topological polar surface area (TPSA) is 141 Å². The van der Waals surface area contributed by atoms with Gasteiger partial charge in [-0.25, -0.2) is 24.0 Å². The summed E-state index contributed by atoms with van der Waals surface area (Å²) in [5.41, 5.74) is 0.215. The van der Waals surface area contributed by atoms with Crippen molar-refractivity contribution in [3.63, 3.8) is 0 Å². The number of hydrogen-bond donors (Lipinski definition) is 1. The Bertz CT molecular complexity index is 1580. The third kappa shape index (κ3) is 8.09. The highest BCUT2D eigenvalue weighted by molar-refractivity contribution is 6.08. The highest BCUT2D eigenvalue weighted by atomic mass is 16.6. The van der Waals surface area contributed by atoms with E-state index in [9.17, 15) is 19.2 Å². The summed E-state index contributed by atoms with van der Waals surface area (Å²) in [4.78, 5) is 58.9. The monoisotopic (exact) mass is 647 g/mol. The minimum atomic E-state index is -1.62. The summed E-state index contributed by atoms with van der Waals surface area (Å²) in [7, 11) is 1.23. The number of methoxy groups -OCH3 is 1. The Hall–Kier alpha value is -4.48. The summed E-state index contributed by atoms with van der Waals surface area (Å²) in [5, 5.41) is 7.64. The van der Waals surface area contributed by atoms with Gasteiger partial charge in [-0.15, -0.1) is 0 Å². The van der Waals surface area contributed by atoms with Crippen LogP contribution in [0.15, 0.2) is 48.8 Å². The molecule has 1 saturated carbocycles. The van der Waals surface area contributed by atoms with E-state index in [-0.39, 0.29) is 38.0 Å². The minimum absolute atomic E-state index is 0.0282. The number of esters is 1. The van der Waals surface area contributed by atoms with Crippen LogP contribution in [-0.4, -0.2) is 62.8 Å². The molecule has 0 bridgehead atoms. The van der Waals surface area contributed by atoms with Crippen LogP contribution in [0.4, 0.5) is 9.59 Å². The first-order valence-electron chi connectivity index (χ1n) is 16.4. The van der Waals surface area contributed by atoms with Gasteiger partial charge in [0.25, 0.3) is 0 Å². The Balaban J connectivity index is 1.40. The van der Waals surface area contributed by atoms with E-state index in [1.54, 1.807) is 43.7 Å². The van der Waals surface area contributed by atoms with Gasteiger partial charge in [-0.1, -0.05) is 56.0 Å². The van der Waals surface area contributed by atoms with Crippen molar-refractivity contribution in [1.29, 1.82) is 0 Å². The second kappa shape index (κ2) is 14.5. The molecule has 2 fully saturated rings. The average Bonchev–Trinajstić information content (AvgIpc) is 3.27. The van der Waals surface area contributed by atoms with E-state index in [0.29, 0.717) is 23.3 Å². The number of alkyl carbamates (subject to hydrolysis) is 1. The van der Waals surface area contributed by atoms with E-state index in [1.165, 1.54) is 7.11 Å². The number of carbonyl (C=O) groups excluding carboxylic acids is 4. The maximum absolute atomic E-state index is 13.8. The molecular weight excluding hydrogens is 602 g/mol. The van der Waals surface area contributed by atoms with Crippen LogP contribution in [0.25, 0.3) is 5.65 Å². The van der Waals surface area contributed by atoms with Crippen molar-refractivity contribution in [2.24, 2.45) is 11.3 Å². The number of hydrogen-bond acceptors (Lipinski definition) is 9. The number of carbonyl (C=O) groups is 4. The number of amides is 3. The summed E-state index contributed by atoms with van der Waals surface area (Å²) in [5.74, 6) is -1.20. The largest absolute Gasteiger partial charge is 0.468 e. The molecular formula is C35H45N5O7. The Morgan fingerprint density at radius 2 is 1.77 bits per heavy atom. The summed E-state index contributed by atoms with van der Waals surface area (Å²) < 4.78 is 17.8. The lowest BCUT2D eigenvalue weighted by molar-refractivity contribution is -0.166. The van der Waals surface area contributed by atoms with E-state index < -0.39 is 35.1 Å². The number of benzene rings is 1. The smallest absolute Gasteiger partial charge is 0.417 e. The Morgan fingerprint density at radius 1 is 1.04 bits per heavy atom. The van der Waals surface area contributed by atoms with E-state index in [4.69, 9.17) is 19.2 Å². The highest BCUT2D eigenvalue weighted by Crippen LogP contribution is 2.38. The van der Waals surface area contributed by atoms with E-state index in [0.717, 1.165) is 49.0 Å². The number of nitrogens with zero attached hydrogens (tertiary/aromatic N) is 4. The molecule has 12 nitrogen and oxygen atoms in total. The van der Waals surface area contributed by atoms with Gasteiger partial charge < -0.3 is 19.5 Å². The van der Waals surface area contributed by atoms with Crippen LogP contribution in [-0.2, 0) is 36.8 Å². The van der Waals surface area contributed by atoms with Gasteiger partial charge >= 0.3 is 18.2 Å². The quantitative estimate of drug-likeness (QED) is 0.136. The van der Waals surface area contributed by atoms with Crippen LogP contribution in [0, 0.1) is 11.3 Å². The van der Waals surface area contributed by atoms with Crippen molar-refractivity contribution in [3.05, 3.63) is 65.6 Å². The van der Waals surface area contributed by atoms with Gasteiger partial charge in [-0.05, 0) is 76.0 Å². The Morgan fingerprint density at radius 3 is 2.45 bits per heavy atom. The molecule has 1 aliphatic heterocycles. The van der Waals surface area contributed by atoms with Crippen molar-refractivity contribution in [3.8, 4) is 0 Å². The van der Waals surface area contributed by atoms with Gasteiger partial charge in [0.15, 0.2) is 11.1 Å². The fraction of sp³-hybridized carbons (Fsp3) is 0.543. The molecule has 2 aromatic heterocycles. The van der Waals surface area contributed by atoms with Crippen LogP contribution in [0.3, 0.4) is 0 Å². The minimum Gasteiger partial charge on any atom is -0.468 e. The number of imidazole rings is 1. The Kier molecular flexibility index (Phi) is 10.5. The third-order valence-corrected chi connectivity index (χ3v) is 8.91. The van der Waals surface area contributed by atoms with Gasteiger partial charge in [-0.2, -0.15) is 5.10 Å². The number of imide groups is 1. The molecule has 12 heteroatoms. The fourth-order valence-electron chi connectivity index (χ4n) is 6.62. The van der Waals surface area contributed by atoms with Crippen LogP contribution in [0.5, 0.6) is 0 Å². The van der Waals surface area contributed by atoms with Gasteiger partial charge in [0.05, 0.1) is 31.2 Å².